The summed E-state index contributed by atoms with van der Waals surface area (Å²) in [5.41, 5.74) is 6.29. The summed E-state index contributed by atoms with van der Waals surface area (Å²) >= 11 is 4.87. The largest absolute Gasteiger partial charge is 0.393 e. The van der Waals surface area contributed by atoms with Gasteiger partial charge in [0.25, 0.3) is 0 Å². The molecule has 2 amide bonds. The fraction of sp³-hybridized carbons (Fsp3) is 0.200. The molecule has 0 bridgehead atoms. The number of carbonyl (C=O) groups excluding carboxylic acids is 1. The van der Waals surface area contributed by atoms with Crippen LogP contribution in [0, 0.1) is 5.92 Å². The van der Waals surface area contributed by atoms with Crippen molar-refractivity contribution in [1.82, 2.24) is 5.32 Å². The molecule has 0 fully saturated rings. The number of hydrogen-bond acceptors (Lipinski definition) is 2. The SMILES string of the molecule is CC(CNC(=O)Nc1cccc2ccccc12)C(N)=S. The summed E-state index contributed by atoms with van der Waals surface area (Å²) in [6, 6.07) is 13.4. The van der Waals surface area contributed by atoms with Gasteiger partial charge in [0.15, 0.2) is 0 Å². The molecule has 0 saturated heterocycles. The van der Waals surface area contributed by atoms with Crippen molar-refractivity contribution in [2.24, 2.45) is 11.7 Å². The van der Waals surface area contributed by atoms with Crippen molar-refractivity contribution in [2.45, 2.75) is 6.92 Å². The van der Waals surface area contributed by atoms with E-state index in [1.807, 2.05) is 49.4 Å². The van der Waals surface area contributed by atoms with Crippen LogP contribution in [-0.2, 0) is 0 Å². The van der Waals surface area contributed by atoms with E-state index < -0.39 is 0 Å². The van der Waals surface area contributed by atoms with Crippen LogP contribution in [0.4, 0.5) is 10.5 Å². The van der Waals surface area contributed by atoms with Gasteiger partial charge in [-0.25, -0.2) is 4.79 Å². The molecule has 0 aromatic heterocycles. The van der Waals surface area contributed by atoms with Gasteiger partial charge in [0.1, 0.15) is 0 Å². The van der Waals surface area contributed by atoms with E-state index in [2.05, 4.69) is 10.6 Å². The molecule has 2 aromatic rings. The van der Waals surface area contributed by atoms with Gasteiger partial charge in [-0.15, -0.1) is 0 Å². The Morgan fingerprint density at radius 3 is 2.70 bits per heavy atom. The predicted molar refractivity (Wildman–Crippen MR) is 86.9 cm³/mol. The Labute approximate surface area is 123 Å². The summed E-state index contributed by atoms with van der Waals surface area (Å²) < 4.78 is 0. The van der Waals surface area contributed by atoms with Gasteiger partial charge < -0.3 is 16.4 Å². The fourth-order valence-electron chi connectivity index (χ4n) is 1.85. The number of benzene rings is 2. The first-order chi connectivity index (χ1) is 9.58. The van der Waals surface area contributed by atoms with Crippen LogP contribution in [0.3, 0.4) is 0 Å². The smallest absolute Gasteiger partial charge is 0.319 e. The lowest BCUT2D eigenvalue weighted by molar-refractivity contribution is 0.251. The zero-order valence-corrected chi connectivity index (χ0v) is 12.0. The molecule has 5 heteroatoms. The van der Waals surface area contributed by atoms with Crippen molar-refractivity contribution in [3.8, 4) is 0 Å². The molecular formula is C15H17N3OS. The summed E-state index contributed by atoms with van der Waals surface area (Å²) in [5.74, 6) is -0.0248. The monoisotopic (exact) mass is 287 g/mol. The molecule has 20 heavy (non-hydrogen) atoms. The van der Waals surface area contributed by atoms with E-state index in [0.29, 0.717) is 11.5 Å². The standard InChI is InChI=1S/C15H17N3OS/c1-10(14(16)20)9-17-15(19)18-13-8-4-6-11-5-2-3-7-12(11)13/h2-8,10H,9H2,1H3,(H2,16,20)(H2,17,18,19). The van der Waals surface area contributed by atoms with E-state index in [-0.39, 0.29) is 11.9 Å². The molecule has 0 heterocycles. The van der Waals surface area contributed by atoms with E-state index in [4.69, 9.17) is 18.0 Å². The number of fused-ring (bicyclic) bond motifs is 1. The number of thiocarbonyl (C=S) groups is 1. The minimum atomic E-state index is -0.260. The number of anilines is 1. The van der Waals surface area contributed by atoms with Gasteiger partial charge >= 0.3 is 6.03 Å². The quantitative estimate of drug-likeness (QED) is 0.757. The first kappa shape index (κ1) is 14.3. The Morgan fingerprint density at radius 2 is 1.95 bits per heavy atom. The molecule has 0 saturated carbocycles. The highest BCUT2D eigenvalue weighted by molar-refractivity contribution is 7.80. The molecule has 0 radical (unpaired) electrons. The van der Waals surface area contributed by atoms with Crippen molar-refractivity contribution in [3.63, 3.8) is 0 Å². The van der Waals surface area contributed by atoms with Crippen LogP contribution >= 0.6 is 12.2 Å². The van der Waals surface area contributed by atoms with Gasteiger partial charge in [0.2, 0.25) is 0 Å². The second-order valence-corrected chi connectivity index (χ2v) is 5.14. The van der Waals surface area contributed by atoms with Crippen LogP contribution in [-0.4, -0.2) is 17.6 Å². The van der Waals surface area contributed by atoms with Gasteiger partial charge in [-0.3, -0.25) is 0 Å². The van der Waals surface area contributed by atoms with Gasteiger partial charge in [-0.2, -0.15) is 0 Å². The minimum Gasteiger partial charge on any atom is -0.393 e. The Hall–Kier alpha value is -2.14. The maximum Gasteiger partial charge on any atom is 0.319 e. The molecule has 2 aromatic carbocycles. The highest BCUT2D eigenvalue weighted by atomic mass is 32.1. The van der Waals surface area contributed by atoms with E-state index in [1.165, 1.54) is 0 Å². The third-order valence-electron chi connectivity index (χ3n) is 3.09. The molecule has 0 aliphatic heterocycles. The normalized spacial score (nSPS) is 11.8. The Kier molecular flexibility index (Phi) is 4.53. The first-order valence-corrected chi connectivity index (χ1v) is 6.80. The van der Waals surface area contributed by atoms with Crippen molar-refractivity contribution in [1.29, 1.82) is 0 Å². The average Bonchev–Trinajstić information content (AvgIpc) is 2.45. The number of nitrogens with two attached hydrogens (primary N) is 1. The van der Waals surface area contributed by atoms with Crippen LogP contribution < -0.4 is 16.4 Å². The second-order valence-electron chi connectivity index (χ2n) is 4.67. The number of rotatable bonds is 4. The minimum absolute atomic E-state index is 0.0248. The summed E-state index contributed by atoms with van der Waals surface area (Å²) in [5, 5.41) is 7.70. The number of urea groups is 1. The molecule has 0 spiro atoms. The molecule has 1 atom stereocenters. The summed E-state index contributed by atoms with van der Waals surface area (Å²) in [4.78, 5) is 12.3. The third-order valence-corrected chi connectivity index (χ3v) is 3.49. The van der Waals surface area contributed by atoms with Crippen LogP contribution in [0.2, 0.25) is 0 Å². The second kappa shape index (κ2) is 6.34. The van der Waals surface area contributed by atoms with E-state index >= 15 is 0 Å². The van der Waals surface area contributed by atoms with Gasteiger partial charge in [-0.1, -0.05) is 55.5 Å². The van der Waals surface area contributed by atoms with Crippen molar-refractivity contribution < 1.29 is 4.79 Å². The van der Waals surface area contributed by atoms with Gasteiger partial charge in [0, 0.05) is 17.8 Å². The van der Waals surface area contributed by atoms with E-state index in [0.717, 1.165) is 16.5 Å². The summed E-state index contributed by atoms with van der Waals surface area (Å²) in [6.07, 6.45) is 0. The molecule has 0 aliphatic carbocycles. The fourth-order valence-corrected chi connectivity index (χ4v) is 1.93. The topological polar surface area (TPSA) is 67.2 Å². The average molecular weight is 287 g/mol. The van der Waals surface area contributed by atoms with Gasteiger partial charge in [-0.05, 0) is 11.5 Å². The summed E-state index contributed by atoms with van der Waals surface area (Å²) in [7, 11) is 0. The van der Waals surface area contributed by atoms with Gasteiger partial charge in [0.05, 0.1) is 10.7 Å². The Bertz CT molecular complexity index is 637. The summed E-state index contributed by atoms with van der Waals surface area (Å²) in [6.45, 7) is 2.30. The number of hydrogen-bond donors (Lipinski definition) is 3. The lowest BCUT2D eigenvalue weighted by Crippen LogP contribution is -2.36. The molecule has 0 aliphatic rings. The third kappa shape index (κ3) is 3.45. The maximum atomic E-state index is 11.9. The first-order valence-electron chi connectivity index (χ1n) is 6.40. The van der Waals surface area contributed by atoms with Crippen LogP contribution in [0.1, 0.15) is 6.92 Å². The maximum absolute atomic E-state index is 11.9. The van der Waals surface area contributed by atoms with Crippen molar-refractivity contribution in [3.05, 3.63) is 42.5 Å². The Morgan fingerprint density at radius 1 is 1.25 bits per heavy atom. The molecule has 4 nitrogen and oxygen atoms in total. The lowest BCUT2D eigenvalue weighted by atomic mass is 10.1. The zero-order valence-electron chi connectivity index (χ0n) is 11.2. The van der Waals surface area contributed by atoms with Crippen LogP contribution in [0.25, 0.3) is 10.8 Å². The lowest BCUT2D eigenvalue weighted by Gasteiger charge is -2.13. The number of carbonyl (C=O) groups is 1. The van der Waals surface area contributed by atoms with Crippen molar-refractivity contribution in [2.75, 3.05) is 11.9 Å². The molecular weight excluding hydrogens is 270 g/mol. The van der Waals surface area contributed by atoms with Crippen molar-refractivity contribution >= 4 is 39.7 Å². The van der Waals surface area contributed by atoms with E-state index in [1.54, 1.807) is 0 Å². The van der Waals surface area contributed by atoms with Crippen LogP contribution in [0.15, 0.2) is 42.5 Å². The number of amides is 2. The molecule has 104 valence electrons. The van der Waals surface area contributed by atoms with E-state index in [9.17, 15) is 4.79 Å². The highest BCUT2D eigenvalue weighted by Crippen LogP contribution is 2.22. The molecule has 4 N–H and O–H groups in total. The molecule has 1 unspecified atom stereocenters. The predicted octanol–water partition coefficient (Wildman–Crippen LogP) is 2.88. The highest BCUT2D eigenvalue weighted by Gasteiger charge is 2.08. The zero-order chi connectivity index (χ0) is 14.5. The Balaban J connectivity index is 2.05. The number of nitrogens with one attached hydrogen (secondary N) is 2. The molecule has 2 rings (SSSR count). The van der Waals surface area contributed by atoms with Crippen LogP contribution in [0.5, 0.6) is 0 Å².